The molecule has 0 aliphatic rings. The second kappa shape index (κ2) is 5.56. The Morgan fingerprint density at radius 1 is 1.35 bits per heavy atom. The lowest BCUT2D eigenvalue weighted by atomic mass is 9.89. The molecule has 0 aliphatic heterocycles. The van der Waals surface area contributed by atoms with Crippen molar-refractivity contribution in [2.75, 3.05) is 5.73 Å². The molecular weight excluding hydrogens is 302 g/mol. The number of hydrogen-bond donors (Lipinski definition) is 2. The Labute approximate surface area is 126 Å². The van der Waals surface area contributed by atoms with Gasteiger partial charge in [0.1, 0.15) is 11.6 Å². The van der Waals surface area contributed by atoms with Gasteiger partial charge in [0.05, 0.1) is 10.6 Å². The van der Waals surface area contributed by atoms with E-state index >= 15 is 0 Å². The van der Waals surface area contributed by atoms with E-state index < -0.39 is 11.4 Å². The lowest BCUT2D eigenvalue weighted by molar-refractivity contribution is 0.0575. The van der Waals surface area contributed by atoms with Crippen LogP contribution >= 0.6 is 23.2 Å². The fourth-order valence-electron chi connectivity index (χ4n) is 2.00. The van der Waals surface area contributed by atoms with Gasteiger partial charge < -0.3 is 10.8 Å². The molecule has 0 saturated heterocycles. The van der Waals surface area contributed by atoms with Crippen LogP contribution in [0.25, 0.3) is 0 Å². The summed E-state index contributed by atoms with van der Waals surface area (Å²) >= 11 is 11.7. The molecule has 0 radical (unpaired) electrons. The summed E-state index contributed by atoms with van der Waals surface area (Å²) in [6, 6.07) is 5.87. The summed E-state index contributed by atoms with van der Waals surface area (Å²) in [4.78, 5) is 3.95. The van der Waals surface area contributed by atoms with Crippen molar-refractivity contribution in [1.82, 2.24) is 4.98 Å². The molecule has 0 amide bonds. The molecule has 0 bridgehead atoms. The Kier molecular flexibility index (Phi) is 4.18. The molecule has 6 heteroatoms. The minimum atomic E-state index is -1.39. The predicted octanol–water partition coefficient (Wildman–Crippen LogP) is 3.56. The number of anilines is 1. The first-order chi connectivity index (χ1) is 9.31. The van der Waals surface area contributed by atoms with Crippen molar-refractivity contribution in [3.63, 3.8) is 0 Å². The number of aliphatic hydroxyl groups is 1. The molecule has 0 fully saturated rings. The first-order valence-corrected chi connectivity index (χ1v) is 6.63. The molecule has 20 heavy (non-hydrogen) atoms. The summed E-state index contributed by atoms with van der Waals surface area (Å²) in [7, 11) is 0. The topological polar surface area (TPSA) is 59.1 Å². The molecule has 3 nitrogen and oxygen atoms in total. The highest BCUT2D eigenvalue weighted by molar-refractivity contribution is 6.35. The van der Waals surface area contributed by atoms with E-state index in [1.165, 1.54) is 13.0 Å². The molecule has 1 atom stereocenters. The van der Waals surface area contributed by atoms with Crippen molar-refractivity contribution in [2.45, 2.75) is 18.9 Å². The third kappa shape index (κ3) is 3.03. The van der Waals surface area contributed by atoms with Crippen LogP contribution in [-0.2, 0) is 12.0 Å². The third-order valence-electron chi connectivity index (χ3n) is 3.05. The molecular formula is C14H13Cl2FN2O. The number of aromatic nitrogens is 1. The minimum absolute atomic E-state index is 0.0876. The number of halogens is 3. The Hall–Kier alpha value is -1.36. The minimum Gasteiger partial charge on any atom is -0.385 e. The van der Waals surface area contributed by atoms with Crippen molar-refractivity contribution >= 4 is 29.0 Å². The van der Waals surface area contributed by atoms with Crippen LogP contribution in [0.1, 0.15) is 18.1 Å². The van der Waals surface area contributed by atoms with E-state index in [9.17, 15) is 9.50 Å². The highest BCUT2D eigenvalue weighted by Crippen LogP contribution is 2.34. The SMILES string of the molecule is CC(O)(Cc1cccnc1N)c1cc(F)c(Cl)cc1Cl. The fourth-order valence-corrected chi connectivity index (χ4v) is 2.59. The zero-order valence-electron chi connectivity index (χ0n) is 10.7. The van der Waals surface area contributed by atoms with Crippen molar-refractivity contribution in [3.05, 3.63) is 57.5 Å². The van der Waals surface area contributed by atoms with Crippen molar-refractivity contribution in [2.24, 2.45) is 0 Å². The maximum atomic E-state index is 13.6. The smallest absolute Gasteiger partial charge is 0.142 e. The molecule has 0 spiro atoms. The maximum Gasteiger partial charge on any atom is 0.142 e. The average Bonchev–Trinajstić information content (AvgIpc) is 2.36. The van der Waals surface area contributed by atoms with Crippen molar-refractivity contribution in [1.29, 1.82) is 0 Å². The molecule has 1 unspecified atom stereocenters. The summed E-state index contributed by atoms with van der Waals surface area (Å²) in [5, 5.41) is 10.7. The quantitative estimate of drug-likeness (QED) is 0.852. The first kappa shape index (κ1) is 15.0. The number of nitrogens with two attached hydrogens (primary N) is 1. The Bertz CT molecular complexity index is 647. The first-order valence-electron chi connectivity index (χ1n) is 5.88. The van der Waals surface area contributed by atoms with Crippen LogP contribution < -0.4 is 5.73 Å². The molecule has 2 rings (SSSR count). The summed E-state index contributed by atoms with van der Waals surface area (Å²) in [5.74, 6) is -0.316. The fraction of sp³-hybridized carbons (Fsp3) is 0.214. The lowest BCUT2D eigenvalue weighted by Crippen LogP contribution is -2.25. The normalized spacial score (nSPS) is 14.1. The van der Waals surface area contributed by atoms with Gasteiger partial charge in [-0.2, -0.15) is 0 Å². The maximum absolute atomic E-state index is 13.6. The van der Waals surface area contributed by atoms with E-state index in [4.69, 9.17) is 28.9 Å². The van der Waals surface area contributed by atoms with E-state index in [-0.39, 0.29) is 22.0 Å². The molecule has 1 aromatic carbocycles. The second-order valence-corrected chi connectivity index (χ2v) is 5.56. The van der Waals surface area contributed by atoms with Gasteiger partial charge in [-0.05, 0) is 30.7 Å². The van der Waals surface area contributed by atoms with Crippen LogP contribution in [0.4, 0.5) is 10.2 Å². The summed E-state index contributed by atoms with van der Waals surface area (Å²) in [6.45, 7) is 1.54. The number of benzene rings is 1. The van der Waals surface area contributed by atoms with E-state index in [1.54, 1.807) is 18.3 Å². The van der Waals surface area contributed by atoms with Crippen LogP contribution in [0.2, 0.25) is 10.0 Å². The molecule has 3 N–H and O–H groups in total. The highest BCUT2D eigenvalue weighted by atomic mass is 35.5. The van der Waals surface area contributed by atoms with E-state index in [2.05, 4.69) is 4.98 Å². The van der Waals surface area contributed by atoms with Gasteiger partial charge in [0.25, 0.3) is 0 Å². The van der Waals surface area contributed by atoms with Gasteiger partial charge in [-0.3, -0.25) is 0 Å². The summed E-state index contributed by atoms with van der Waals surface area (Å²) in [5.41, 5.74) is 5.27. The number of nitrogen functional groups attached to an aromatic ring is 1. The average molecular weight is 315 g/mol. The van der Waals surface area contributed by atoms with Gasteiger partial charge in [0.2, 0.25) is 0 Å². The summed E-state index contributed by atoms with van der Waals surface area (Å²) < 4.78 is 13.6. The molecule has 2 aromatic rings. The van der Waals surface area contributed by atoms with Gasteiger partial charge in [-0.1, -0.05) is 29.3 Å². The van der Waals surface area contributed by atoms with Crippen molar-refractivity contribution in [3.8, 4) is 0 Å². The van der Waals surface area contributed by atoms with Gasteiger partial charge in [0.15, 0.2) is 0 Å². The van der Waals surface area contributed by atoms with Gasteiger partial charge >= 0.3 is 0 Å². The molecule has 0 saturated carbocycles. The summed E-state index contributed by atoms with van der Waals surface area (Å²) in [6.07, 6.45) is 1.72. The number of nitrogens with zero attached hydrogens (tertiary/aromatic N) is 1. The van der Waals surface area contributed by atoms with Crippen LogP contribution in [0.5, 0.6) is 0 Å². The van der Waals surface area contributed by atoms with Crippen LogP contribution in [0.3, 0.4) is 0 Å². The van der Waals surface area contributed by atoms with Gasteiger partial charge in [-0.15, -0.1) is 0 Å². The number of rotatable bonds is 3. The lowest BCUT2D eigenvalue weighted by Gasteiger charge is -2.25. The zero-order valence-corrected chi connectivity index (χ0v) is 12.2. The molecule has 106 valence electrons. The van der Waals surface area contributed by atoms with Crippen LogP contribution in [0, 0.1) is 5.82 Å². The van der Waals surface area contributed by atoms with E-state index in [0.717, 1.165) is 6.07 Å². The highest BCUT2D eigenvalue weighted by Gasteiger charge is 2.28. The molecule has 1 aromatic heterocycles. The molecule has 0 aliphatic carbocycles. The standard InChI is InChI=1S/C14H13Cl2FN2O/c1-14(20,7-8-3-2-4-19-13(8)18)9-5-12(17)11(16)6-10(9)15/h2-6,20H,7H2,1H3,(H2,18,19). The second-order valence-electron chi connectivity index (χ2n) is 4.74. The Balaban J connectivity index is 2.40. The van der Waals surface area contributed by atoms with Crippen LogP contribution in [0.15, 0.2) is 30.5 Å². The number of pyridine rings is 1. The van der Waals surface area contributed by atoms with Crippen molar-refractivity contribution < 1.29 is 9.50 Å². The Morgan fingerprint density at radius 2 is 2.05 bits per heavy atom. The van der Waals surface area contributed by atoms with E-state index in [0.29, 0.717) is 11.4 Å². The monoisotopic (exact) mass is 314 g/mol. The number of hydrogen-bond acceptors (Lipinski definition) is 3. The Morgan fingerprint density at radius 3 is 2.70 bits per heavy atom. The van der Waals surface area contributed by atoms with E-state index in [1.807, 2.05) is 0 Å². The van der Waals surface area contributed by atoms with Gasteiger partial charge in [-0.25, -0.2) is 9.37 Å². The van der Waals surface area contributed by atoms with Gasteiger partial charge in [0, 0.05) is 23.2 Å². The third-order valence-corrected chi connectivity index (χ3v) is 3.65. The molecule has 1 heterocycles. The zero-order chi connectivity index (χ0) is 14.9. The largest absolute Gasteiger partial charge is 0.385 e. The van der Waals surface area contributed by atoms with Crippen LogP contribution in [-0.4, -0.2) is 10.1 Å². The predicted molar refractivity (Wildman–Crippen MR) is 78.3 cm³/mol.